The van der Waals surface area contributed by atoms with Crippen molar-refractivity contribution in [2.75, 3.05) is 38.0 Å². The zero-order valence-electron chi connectivity index (χ0n) is 22.1. The average Bonchev–Trinajstić information content (AvgIpc) is 3.50. The standard InChI is InChI=1S/C26H36N6O3S/c1-15(13-31-9-11-32(12-10-31)25(33)34-26(4,5)6)27-24-22-21(28-23(29-24)18-7-8-18)19(14-36-22)20-16(2)30-35-17(20)3/h14-15,18H,7-13H2,1-6H3,(H,27,28,29)/t15-/m0/s1. The third-order valence-corrected chi connectivity index (χ3v) is 7.59. The first-order valence-corrected chi connectivity index (χ1v) is 13.7. The molecular formula is C26H36N6O3S. The molecular weight excluding hydrogens is 476 g/mol. The molecule has 5 rings (SSSR count). The van der Waals surface area contributed by atoms with E-state index in [9.17, 15) is 4.79 Å². The number of piperazine rings is 1. The molecule has 3 aromatic heterocycles. The summed E-state index contributed by atoms with van der Waals surface area (Å²) in [6.07, 6.45) is 2.07. The number of hydrogen-bond acceptors (Lipinski definition) is 9. The fourth-order valence-electron chi connectivity index (χ4n) is 4.71. The Balaban J connectivity index is 1.29. The Kier molecular flexibility index (Phi) is 6.67. The van der Waals surface area contributed by atoms with E-state index in [1.54, 1.807) is 16.2 Å². The Morgan fingerprint density at radius 2 is 1.94 bits per heavy atom. The molecule has 36 heavy (non-hydrogen) atoms. The van der Waals surface area contributed by atoms with Crippen molar-refractivity contribution in [3.05, 3.63) is 22.7 Å². The predicted octanol–water partition coefficient (Wildman–Crippen LogP) is 5.19. The van der Waals surface area contributed by atoms with Gasteiger partial charge in [-0.05, 0) is 54.4 Å². The first-order valence-electron chi connectivity index (χ1n) is 12.8. The maximum atomic E-state index is 12.4. The first kappa shape index (κ1) is 25.0. The molecule has 1 atom stereocenters. The number of thiophene rings is 1. The second-order valence-electron chi connectivity index (χ2n) is 11.0. The van der Waals surface area contributed by atoms with Gasteiger partial charge < -0.3 is 19.5 Å². The molecule has 0 unspecified atom stereocenters. The van der Waals surface area contributed by atoms with Gasteiger partial charge >= 0.3 is 6.09 Å². The van der Waals surface area contributed by atoms with Gasteiger partial charge in [-0.3, -0.25) is 4.90 Å². The quantitative estimate of drug-likeness (QED) is 0.482. The van der Waals surface area contributed by atoms with E-state index in [2.05, 4.69) is 27.7 Å². The van der Waals surface area contributed by atoms with Gasteiger partial charge in [-0.15, -0.1) is 11.3 Å². The molecule has 3 aromatic rings. The molecule has 10 heteroatoms. The molecule has 2 fully saturated rings. The number of aryl methyl sites for hydroxylation is 2. The topological polar surface area (TPSA) is 96.6 Å². The third-order valence-electron chi connectivity index (χ3n) is 6.62. The molecule has 1 aliphatic heterocycles. The fourth-order valence-corrected chi connectivity index (χ4v) is 5.66. The van der Waals surface area contributed by atoms with Crippen LogP contribution in [0.15, 0.2) is 9.90 Å². The lowest BCUT2D eigenvalue weighted by atomic mass is 10.1. The van der Waals surface area contributed by atoms with Gasteiger partial charge in [0, 0.05) is 55.6 Å². The second-order valence-corrected chi connectivity index (χ2v) is 11.9. The van der Waals surface area contributed by atoms with Gasteiger partial charge in [-0.1, -0.05) is 5.16 Å². The Morgan fingerprint density at radius 3 is 2.56 bits per heavy atom. The van der Waals surface area contributed by atoms with Gasteiger partial charge in [-0.25, -0.2) is 14.8 Å². The summed E-state index contributed by atoms with van der Waals surface area (Å²) in [6.45, 7) is 15.7. The summed E-state index contributed by atoms with van der Waals surface area (Å²) in [5.41, 5.74) is 3.49. The Bertz CT molecular complexity index is 1230. The van der Waals surface area contributed by atoms with Gasteiger partial charge in [0.1, 0.15) is 23.0 Å². The third kappa shape index (κ3) is 5.34. The van der Waals surface area contributed by atoms with Crippen molar-refractivity contribution in [3.63, 3.8) is 0 Å². The average molecular weight is 513 g/mol. The highest BCUT2D eigenvalue weighted by Gasteiger charge is 2.30. The van der Waals surface area contributed by atoms with Gasteiger partial charge in [0.15, 0.2) is 0 Å². The van der Waals surface area contributed by atoms with Gasteiger partial charge in [0.2, 0.25) is 0 Å². The number of aromatic nitrogens is 3. The molecule has 4 heterocycles. The zero-order chi connectivity index (χ0) is 25.6. The van der Waals surface area contributed by atoms with Crippen LogP contribution in [0.5, 0.6) is 0 Å². The minimum atomic E-state index is -0.470. The molecule has 2 aliphatic rings. The molecule has 1 saturated heterocycles. The van der Waals surface area contributed by atoms with E-state index in [0.717, 1.165) is 76.9 Å². The summed E-state index contributed by atoms with van der Waals surface area (Å²) >= 11 is 1.66. The molecule has 194 valence electrons. The molecule has 1 aliphatic carbocycles. The van der Waals surface area contributed by atoms with E-state index >= 15 is 0 Å². The SMILES string of the molecule is Cc1noc(C)c1-c1csc2c(N[C@@H](C)CN3CCN(C(=O)OC(C)(C)C)CC3)nc(C3CC3)nc12. The summed E-state index contributed by atoms with van der Waals surface area (Å²) in [5, 5.41) is 9.98. The second kappa shape index (κ2) is 9.63. The number of ether oxygens (including phenoxy) is 1. The summed E-state index contributed by atoms with van der Waals surface area (Å²) < 4.78 is 12.0. The Labute approximate surface area is 216 Å². The number of anilines is 1. The highest BCUT2D eigenvalue weighted by atomic mass is 32.1. The Hall–Kier alpha value is -2.72. The van der Waals surface area contributed by atoms with Crippen LogP contribution in [0.25, 0.3) is 21.3 Å². The first-order chi connectivity index (χ1) is 17.1. The number of fused-ring (bicyclic) bond motifs is 1. The van der Waals surface area contributed by atoms with Crippen molar-refractivity contribution >= 4 is 33.5 Å². The van der Waals surface area contributed by atoms with Crippen LogP contribution in [0.2, 0.25) is 0 Å². The lowest BCUT2D eigenvalue weighted by molar-refractivity contribution is 0.0144. The van der Waals surface area contributed by atoms with E-state index < -0.39 is 5.60 Å². The van der Waals surface area contributed by atoms with Gasteiger partial charge in [0.25, 0.3) is 0 Å². The lowest BCUT2D eigenvalue weighted by Gasteiger charge is -2.36. The van der Waals surface area contributed by atoms with E-state index in [1.807, 2.05) is 34.6 Å². The summed E-state index contributed by atoms with van der Waals surface area (Å²) in [6, 6.07) is 0.188. The van der Waals surface area contributed by atoms with Crippen molar-refractivity contribution in [2.24, 2.45) is 0 Å². The predicted molar refractivity (Wildman–Crippen MR) is 142 cm³/mol. The molecule has 0 radical (unpaired) electrons. The van der Waals surface area contributed by atoms with Crippen LogP contribution >= 0.6 is 11.3 Å². The number of carbonyl (C=O) groups excluding carboxylic acids is 1. The minimum Gasteiger partial charge on any atom is -0.444 e. The van der Waals surface area contributed by atoms with Crippen LogP contribution in [-0.2, 0) is 4.74 Å². The van der Waals surface area contributed by atoms with E-state index in [0.29, 0.717) is 19.0 Å². The fraction of sp³-hybridized carbons (Fsp3) is 0.615. The van der Waals surface area contributed by atoms with E-state index in [4.69, 9.17) is 19.2 Å². The molecule has 0 bridgehead atoms. The number of carbonyl (C=O) groups is 1. The molecule has 1 amide bonds. The monoisotopic (exact) mass is 512 g/mol. The van der Waals surface area contributed by atoms with Crippen LogP contribution in [0.4, 0.5) is 10.6 Å². The number of amides is 1. The smallest absolute Gasteiger partial charge is 0.410 e. The number of hydrogen-bond donors (Lipinski definition) is 1. The van der Waals surface area contributed by atoms with Gasteiger partial charge in [0.05, 0.1) is 21.5 Å². The molecule has 0 spiro atoms. The van der Waals surface area contributed by atoms with Gasteiger partial charge in [-0.2, -0.15) is 0 Å². The summed E-state index contributed by atoms with van der Waals surface area (Å²) in [4.78, 5) is 26.5. The number of nitrogens with zero attached hydrogens (tertiary/aromatic N) is 5. The Morgan fingerprint density at radius 1 is 1.22 bits per heavy atom. The zero-order valence-corrected chi connectivity index (χ0v) is 22.9. The van der Waals surface area contributed by atoms with Crippen molar-refractivity contribution in [3.8, 4) is 11.1 Å². The highest BCUT2D eigenvalue weighted by molar-refractivity contribution is 7.18. The van der Waals surface area contributed by atoms with Crippen LogP contribution in [0.3, 0.4) is 0 Å². The normalized spacial score (nSPS) is 18.0. The molecule has 0 aromatic carbocycles. The molecule has 1 saturated carbocycles. The van der Waals surface area contributed by atoms with Crippen LogP contribution < -0.4 is 5.32 Å². The van der Waals surface area contributed by atoms with Crippen molar-refractivity contribution in [2.45, 2.75) is 71.9 Å². The van der Waals surface area contributed by atoms with E-state index in [-0.39, 0.29) is 12.1 Å². The molecule has 9 nitrogen and oxygen atoms in total. The number of rotatable bonds is 6. The maximum absolute atomic E-state index is 12.4. The van der Waals surface area contributed by atoms with E-state index in [1.165, 1.54) is 0 Å². The maximum Gasteiger partial charge on any atom is 0.410 e. The highest BCUT2D eigenvalue weighted by Crippen LogP contribution is 2.43. The van der Waals surface area contributed by atoms with Crippen molar-refractivity contribution in [1.82, 2.24) is 24.9 Å². The lowest BCUT2D eigenvalue weighted by Crippen LogP contribution is -2.51. The number of nitrogens with one attached hydrogen (secondary N) is 1. The molecule has 1 N–H and O–H groups in total. The summed E-state index contributed by atoms with van der Waals surface area (Å²) in [7, 11) is 0. The van der Waals surface area contributed by atoms with Crippen LogP contribution in [0, 0.1) is 13.8 Å². The van der Waals surface area contributed by atoms with Crippen molar-refractivity contribution in [1.29, 1.82) is 0 Å². The largest absolute Gasteiger partial charge is 0.444 e. The van der Waals surface area contributed by atoms with Crippen LogP contribution in [0.1, 0.15) is 63.7 Å². The summed E-state index contributed by atoms with van der Waals surface area (Å²) in [5.74, 6) is 3.09. The van der Waals surface area contributed by atoms with Crippen LogP contribution in [-0.4, -0.2) is 75.4 Å². The minimum absolute atomic E-state index is 0.188. The van der Waals surface area contributed by atoms with Crippen molar-refractivity contribution < 1.29 is 14.1 Å².